The van der Waals surface area contributed by atoms with Crippen LogP contribution in [0.4, 0.5) is 0 Å². The van der Waals surface area contributed by atoms with Crippen LogP contribution in [-0.4, -0.2) is 12.0 Å². The zero-order valence-corrected chi connectivity index (χ0v) is 14.5. The Hall–Kier alpha value is -2.33. The number of nitrogens with one attached hydrogen (secondary N) is 1. The van der Waals surface area contributed by atoms with E-state index >= 15 is 0 Å². The van der Waals surface area contributed by atoms with Gasteiger partial charge >= 0.3 is 0 Å². The van der Waals surface area contributed by atoms with Crippen molar-refractivity contribution in [2.24, 2.45) is 10.7 Å². The SMILES string of the molecule is CCC(C)NC(N)=NCc1ccc(COCc2ccccc2)cc1. The molecule has 2 aromatic carbocycles. The van der Waals surface area contributed by atoms with E-state index in [-0.39, 0.29) is 0 Å². The minimum atomic E-state index is 0.345. The fraction of sp³-hybridized carbons (Fsp3) is 0.350. The number of ether oxygens (including phenoxy) is 1. The minimum absolute atomic E-state index is 0.345. The Labute approximate surface area is 144 Å². The van der Waals surface area contributed by atoms with Crippen LogP contribution >= 0.6 is 0 Å². The molecular weight excluding hydrogens is 298 g/mol. The van der Waals surface area contributed by atoms with Crippen molar-refractivity contribution in [2.75, 3.05) is 0 Å². The van der Waals surface area contributed by atoms with E-state index in [0.29, 0.717) is 31.8 Å². The first-order chi connectivity index (χ1) is 11.7. The van der Waals surface area contributed by atoms with E-state index in [1.807, 2.05) is 18.2 Å². The highest BCUT2D eigenvalue weighted by Crippen LogP contribution is 2.09. The number of hydrogen-bond donors (Lipinski definition) is 2. The van der Waals surface area contributed by atoms with Gasteiger partial charge in [0.05, 0.1) is 19.8 Å². The number of nitrogens with zero attached hydrogens (tertiary/aromatic N) is 1. The van der Waals surface area contributed by atoms with Gasteiger partial charge < -0.3 is 15.8 Å². The molecule has 0 saturated carbocycles. The Bertz CT molecular complexity index is 623. The van der Waals surface area contributed by atoms with Gasteiger partial charge in [0, 0.05) is 6.04 Å². The maximum absolute atomic E-state index is 5.87. The quantitative estimate of drug-likeness (QED) is 0.576. The van der Waals surface area contributed by atoms with E-state index in [1.165, 1.54) is 5.56 Å². The molecule has 0 amide bonds. The second-order valence-corrected chi connectivity index (χ2v) is 5.95. The molecule has 128 valence electrons. The predicted molar refractivity (Wildman–Crippen MR) is 99.6 cm³/mol. The van der Waals surface area contributed by atoms with Crippen molar-refractivity contribution in [3.05, 3.63) is 71.3 Å². The highest BCUT2D eigenvalue weighted by molar-refractivity contribution is 5.78. The molecule has 3 N–H and O–H groups in total. The summed E-state index contributed by atoms with van der Waals surface area (Å²) < 4.78 is 5.74. The summed E-state index contributed by atoms with van der Waals surface area (Å²) in [7, 11) is 0. The normalized spacial score (nSPS) is 12.8. The topological polar surface area (TPSA) is 59.6 Å². The zero-order valence-electron chi connectivity index (χ0n) is 14.5. The van der Waals surface area contributed by atoms with Crippen molar-refractivity contribution in [3.8, 4) is 0 Å². The molecule has 0 bridgehead atoms. The third kappa shape index (κ3) is 6.42. The molecule has 0 aliphatic heterocycles. The molecule has 2 rings (SSSR count). The first-order valence-corrected chi connectivity index (χ1v) is 8.43. The molecule has 2 aromatic rings. The van der Waals surface area contributed by atoms with Gasteiger partial charge in [0.2, 0.25) is 0 Å². The van der Waals surface area contributed by atoms with Crippen LogP contribution in [0.5, 0.6) is 0 Å². The van der Waals surface area contributed by atoms with Crippen LogP contribution in [0.15, 0.2) is 59.6 Å². The summed E-state index contributed by atoms with van der Waals surface area (Å²) in [6, 6.07) is 18.8. The molecule has 24 heavy (non-hydrogen) atoms. The summed E-state index contributed by atoms with van der Waals surface area (Å²) in [6.07, 6.45) is 1.02. The van der Waals surface area contributed by atoms with E-state index < -0.39 is 0 Å². The van der Waals surface area contributed by atoms with Crippen LogP contribution in [0.1, 0.15) is 37.0 Å². The van der Waals surface area contributed by atoms with Crippen molar-refractivity contribution in [3.63, 3.8) is 0 Å². The number of guanidine groups is 1. The van der Waals surface area contributed by atoms with E-state index in [4.69, 9.17) is 10.5 Å². The Morgan fingerprint density at radius 3 is 2.21 bits per heavy atom. The lowest BCUT2D eigenvalue weighted by Gasteiger charge is -2.11. The number of hydrogen-bond acceptors (Lipinski definition) is 2. The van der Waals surface area contributed by atoms with Gasteiger partial charge in [0.1, 0.15) is 0 Å². The average molecular weight is 325 g/mol. The molecule has 0 heterocycles. The maximum atomic E-state index is 5.87. The van der Waals surface area contributed by atoms with Gasteiger partial charge in [-0.3, -0.25) is 0 Å². The molecule has 1 atom stereocenters. The maximum Gasteiger partial charge on any atom is 0.189 e. The van der Waals surface area contributed by atoms with Gasteiger partial charge in [-0.1, -0.05) is 61.5 Å². The van der Waals surface area contributed by atoms with Crippen molar-refractivity contribution in [2.45, 2.75) is 46.1 Å². The lowest BCUT2D eigenvalue weighted by atomic mass is 10.1. The highest BCUT2D eigenvalue weighted by Gasteiger charge is 2.00. The lowest BCUT2D eigenvalue weighted by Crippen LogP contribution is -2.38. The van der Waals surface area contributed by atoms with Crippen LogP contribution < -0.4 is 11.1 Å². The van der Waals surface area contributed by atoms with Crippen LogP contribution in [0, 0.1) is 0 Å². The zero-order chi connectivity index (χ0) is 17.2. The molecule has 0 aliphatic carbocycles. The third-order valence-electron chi connectivity index (χ3n) is 3.84. The van der Waals surface area contributed by atoms with E-state index in [1.54, 1.807) is 0 Å². The smallest absolute Gasteiger partial charge is 0.189 e. The highest BCUT2D eigenvalue weighted by atomic mass is 16.5. The fourth-order valence-electron chi connectivity index (χ4n) is 2.18. The van der Waals surface area contributed by atoms with Gasteiger partial charge in [0.15, 0.2) is 5.96 Å². The monoisotopic (exact) mass is 325 g/mol. The minimum Gasteiger partial charge on any atom is -0.372 e. The van der Waals surface area contributed by atoms with E-state index in [2.05, 4.69) is 60.6 Å². The standard InChI is InChI=1S/C20H27N3O/c1-3-16(2)23-20(21)22-13-17-9-11-19(12-10-17)15-24-14-18-7-5-4-6-8-18/h4-12,16H,3,13-15H2,1-2H3,(H3,21,22,23). The second-order valence-electron chi connectivity index (χ2n) is 5.95. The molecule has 0 spiro atoms. The van der Waals surface area contributed by atoms with Crippen LogP contribution in [0.25, 0.3) is 0 Å². The Kier molecular flexibility index (Phi) is 7.30. The van der Waals surface area contributed by atoms with Crippen LogP contribution in [-0.2, 0) is 24.5 Å². The molecule has 1 unspecified atom stereocenters. The van der Waals surface area contributed by atoms with Gasteiger partial charge in [-0.15, -0.1) is 0 Å². The van der Waals surface area contributed by atoms with Gasteiger partial charge in [0.25, 0.3) is 0 Å². The Balaban J connectivity index is 1.77. The molecule has 0 aromatic heterocycles. The summed E-state index contributed by atoms with van der Waals surface area (Å²) in [6.45, 7) is 6.03. The lowest BCUT2D eigenvalue weighted by molar-refractivity contribution is 0.107. The largest absolute Gasteiger partial charge is 0.372 e. The summed E-state index contributed by atoms with van der Waals surface area (Å²) in [5.41, 5.74) is 9.35. The van der Waals surface area contributed by atoms with E-state index in [9.17, 15) is 0 Å². The molecule has 4 nitrogen and oxygen atoms in total. The Morgan fingerprint density at radius 1 is 1.00 bits per heavy atom. The van der Waals surface area contributed by atoms with Crippen molar-refractivity contribution < 1.29 is 4.74 Å². The summed E-state index contributed by atoms with van der Waals surface area (Å²) >= 11 is 0. The van der Waals surface area contributed by atoms with Gasteiger partial charge in [-0.25, -0.2) is 4.99 Å². The molecule has 0 aliphatic rings. The second kappa shape index (κ2) is 9.73. The first-order valence-electron chi connectivity index (χ1n) is 8.43. The van der Waals surface area contributed by atoms with Crippen LogP contribution in [0.2, 0.25) is 0 Å². The number of benzene rings is 2. The summed E-state index contributed by atoms with van der Waals surface area (Å²) in [5.74, 6) is 0.500. The molecule has 0 fully saturated rings. The predicted octanol–water partition coefficient (Wildman–Crippen LogP) is 3.61. The number of aliphatic imine (C=N–C) groups is 1. The first kappa shape index (κ1) is 18.0. The molecule has 0 radical (unpaired) electrons. The molecule has 0 saturated heterocycles. The molecule has 4 heteroatoms. The summed E-state index contributed by atoms with van der Waals surface area (Å²) in [4.78, 5) is 4.37. The van der Waals surface area contributed by atoms with Crippen LogP contribution in [0.3, 0.4) is 0 Å². The van der Waals surface area contributed by atoms with Gasteiger partial charge in [-0.05, 0) is 30.0 Å². The Morgan fingerprint density at radius 2 is 1.58 bits per heavy atom. The average Bonchev–Trinajstić information content (AvgIpc) is 2.62. The summed E-state index contributed by atoms with van der Waals surface area (Å²) in [5, 5.41) is 3.16. The fourth-order valence-corrected chi connectivity index (χ4v) is 2.18. The van der Waals surface area contributed by atoms with E-state index in [0.717, 1.165) is 17.5 Å². The third-order valence-corrected chi connectivity index (χ3v) is 3.84. The van der Waals surface area contributed by atoms with Crippen molar-refractivity contribution >= 4 is 5.96 Å². The number of nitrogens with two attached hydrogens (primary N) is 1. The van der Waals surface area contributed by atoms with Crippen molar-refractivity contribution in [1.29, 1.82) is 0 Å². The number of rotatable bonds is 8. The molecular formula is C20H27N3O. The van der Waals surface area contributed by atoms with Crippen molar-refractivity contribution in [1.82, 2.24) is 5.32 Å². The van der Waals surface area contributed by atoms with Gasteiger partial charge in [-0.2, -0.15) is 0 Å².